The van der Waals surface area contributed by atoms with Gasteiger partial charge in [-0.2, -0.15) is 0 Å². The van der Waals surface area contributed by atoms with Crippen LogP contribution in [0.3, 0.4) is 0 Å². The topological polar surface area (TPSA) is 38.7 Å². The van der Waals surface area contributed by atoms with E-state index in [2.05, 4.69) is 27.8 Å². The summed E-state index contributed by atoms with van der Waals surface area (Å²) in [7, 11) is 3.12. The van der Waals surface area contributed by atoms with Crippen LogP contribution < -0.4 is 9.47 Å². The average molecular weight is 347 g/mol. The molecule has 2 aromatic rings. The molecule has 1 unspecified atom stereocenters. The molecule has 0 saturated carbocycles. The third kappa shape index (κ3) is 3.78. The molecule has 0 spiro atoms. The first-order chi connectivity index (χ1) is 10.2. The van der Waals surface area contributed by atoms with Crippen LogP contribution in [0.5, 0.6) is 11.5 Å². The van der Waals surface area contributed by atoms with E-state index >= 15 is 0 Å². The van der Waals surface area contributed by atoms with Gasteiger partial charge in [0.25, 0.3) is 0 Å². The lowest BCUT2D eigenvalue weighted by atomic mass is 10.1. The molecule has 0 aliphatic carbocycles. The number of methoxy groups -OCH3 is 2. The van der Waals surface area contributed by atoms with E-state index in [-0.39, 0.29) is 0 Å². The van der Waals surface area contributed by atoms with Gasteiger partial charge in [0.2, 0.25) is 0 Å². The van der Waals surface area contributed by atoms with Crippen molar-refractivity contribution in [1.82, 2.24) is 0 Å². The highest BCUT2D eigenvalue weighted by atomic mass is 79.9. The summed E-state index contributed by atoms with van der Waals surface area (Å²) in [6.45, 7) is 0. The second-order valence-electron chi connectivity index (χ2n) is 4.27. The summed E-state index contributed by atoms with van der Waals surface area (Å²) in [6, 6.07) is 13.0. The van der Waals surface area contributed by atoms with Gasteiger partial charge >= 0.3 is 0 Å². The van der Waals surface area contributed by atoms with Gasteiger partial charge in [-0.25, -0.2) is 0 Å². The molecular weight excluding hydrogens is 332 g/mol. The molecule has 1 atom stereocenters. The van der Waals surface area contributed by atoms with Crippen LogP contribution in [0.4, 0.5) is 0 Å². The highest BCUT2D eigenvalue weighted by molar-refractivity contribution is 9.10. The van der Waals surface area contributed by atoms with E-state index in [4.69, 9.17) is 9.47 Å². The van der Waals surface area contributed by atoms with Gasteiger partial charge in [-0.1, -0.05) is 30.0 Å². The molecule has 0 aromatic heterocycles. The summed E-state index contributed by atoms with van der Waals surface area (Å²) in [5.74, 6) is 6.92. The van der Waals surface area contributed by atoms with Crippen LogP contribution in [-0.4, -0.2) is 19.3 Å². The third-order valence-corrected chi connectivity index (χ3v) is 3.55. The van der Waals surface area contributed by atoms with Gasteiger partial charge in [0.05, 0.1) is 18.7 Å². The number of halogens is 1. The predicted molar refractivity (Wildman–Crippen MR) is 85.5 cm³/mol. The van der Waals surface area contributed by atoms with Gasteiger partial charge in [-0.05, 0) is 40.2 Å². The lowest BCUT2D eigenvalue weighted by Gasteiger charge is -2.13. The SMILES string of the molecule is COc1cc(C(O)C#Cc2ccccc2)c(OC)cc1Br. The summed E-state index contributed by atoms with van der Waals surface area (Å²) in [4.78, 5) is 0. The smallest absolute Gasteiger partial charge is 0.144 e. The standard InChI is InChI=1S/C17H15BrO3/c1-20-16-11-14(18)17(21-2)10-13(16)15(19)9-8-12-6-4-3-5-7-12/h3-7,10-11,15,19H,1-2H3. The summed E-state index contributed by atoms with van der Waals surface area (Å²) in [5, 5.41) is 10.3. The van der Waals surface area contributed by atoms with Gasteiger partial charge in [0.15, 0.2) is 0 Å². The first kappa shape index (κ1) is 15.4. The third-order valence-electron chi connectivity index (χ3n) is 2.93. The van der Waals surface area contributed by atoms with E-state index in [0.717, 1.165) is 10.0 Å². The summed E-state index contributed by atoms with van der Waals surface area (Å²) < 4.78 is 11.3. The Balaban J connectivity index is 2.35. The fourth-order valence-electron chi connectivity index (χ4n) is 1.85. The Morgan fingerprint density at radius 3 is 2.33 bits per heavy atom. The Bertz CT molecular complexity index is 672. The van der Waals surface area contributed by atoms with E-state index in [1.165, 1.54) is 0 Å². The fourth-order valence-corrected chi connectivity index (χ4v) is 2.33. The summed E-state index contributed by atoms with van der Waals surface area (Å²) in [5.41, 5.74) is 1.42. The molecule has 3 nitrogen and oxygen atoms in total. The molecule has 4 heteroatoms. The van der Waals surface area contributed by atoms with Gasteiger partial charge in [-0.15, -0.1) is 0 Å². The van der Waals surface area contributed by atoms with Crippen LogP contribution in [0.1, 0.15) is 17.2 Å². The maximum Gasteiger partial charge on any atom is 0.144 e. The van der Waals surface area contributed by atoms with E-state index in [9.17, 15) is 5.11 Å². The highest BCUT2D eigenvalue weighted by Gasteiger charge is 2.15. The molecule has 21 heavy (non-hydrogen) atoms. The molecule has 0 saturated heterocycles. The lowest BCUT2D eigenvalue weighted by molar-refractivity contribution is 0.231. The van der Waals surface area contributed by atoms with Crippen molar-refractivity contribution in [1.29, 1.82) is 0 Å². The molecule has 108 valence electrons. The van der Waals surface area contributed by atoms with Crippen LogP contribution in [-0.2, 0) is 0 Å². The van der Waals surface area contributed by atoms with Crippen molar-refractivity contribution in [3.05, 3.63) is 58.1 Å². The molecular formula is C17H15BrO3. The molecule has 0 aliphatic heterocycles. The molecule has 0 bridgehead atoms. The summed E-state index contributed by atoms with van der Waals surface area (Å²) >= 11 is 3.38. The Kier molecular flexibility index (Phi) is 5.26. The minimum absolute atomic E-state index is 0.553. The van der Waals surface area contributed by atoms with E-state index in [1.807, 2.05) is 30.3 Å². The second kappa shape index (κ2) is 7.16. The molecule has 0 radical (unpaired) electrons. The van der Waals surface area contributed by atoms with Crippen LogP contribution >= 0.6 is 15.9 Å². The number of hydrogen-bond acceptors (Lipinski definition) is 3. The Morgan fingerprint density at radius 2 is 1.71 bits per heavy atom. The van der Waals surface area contributed by atoms with E-state index < -0.39 is 6.10 Å². The first-order valence-corrected chi connectivity index (χ1v) is 7.11. The van der Waals surface area contributed by atoms with Crippen molar-refractivity contribution in [3.63, 3.8) is 0 Å². The lowest BCUT2D eigenvalue weighted by Crippen LogP contribution is -2.00. The Labute approximate surface area is 132 Å². The van der Waals surface area contributed by atoms with Crippen LogP contribution in [0.15, 0.2) is 46.9 Å². The number of rotatable bonds is 3. The Morgan fingerprint density at radius 1 is 1.05 bits per heavy atom. The van der Waals surface area contributed by atoms with E-state index in [0.29, 0.717) is 17.1 Å². The number of hydrogen-bond donors (Lipinski definition) is 1. The second-order valence-corrected chi connectivity index (χ2v) is 5.12. The molecule has 0 amide bonds. The molecule has 0 heterocycles. The zero-order chi connectivity index (χ0) is 15.2. The van der Waals surface area contributed by atoms with Crippen molar-refractivity contribution >= 4 is 15.9 Å². The van der Waals surface area contributed by atoms with Crippen molar-refractivity contribution in [2.75, 3.05) is 14.2 Å². The van der Waals surface area contributed by atoms with Crippen molar-refractivity contribution < 1.29 is 14.6 Å². The summed E-state index contributed by atoms with van der Waals surface area (Å²) in [6.07, 6.45) is -0.956. The zero-order valence-electron chi connectivity index (χ0n) is 11.8. The number of aliphatic hydroxyl groups is 1. The van der Waals surface area contributed by atoms with Crippen molar-refractivity contribution in [2.45, 2.75) is 6.10 Å². The zero-order valence-corrected chi connectivity index (χ0v) is 13.3. The molecule has 2 aromatic carbocycles. The fraction of sp³-hybridized carbons (Fsp3) is 0.176. The van der Waals surface area contributed by atoms with Crippen LogP contribution in [0.2, 0.25) is 0 Å². The largest absolute Gasteiger partial charge is 0.496 e. The van der Waals surface area contributed by atoms with Crippen molar-refractivity contribution in [3.8, 4) is 23.3 Å². The van der Waals surface area contributed by atoms with Crippen LogP contribution in [0.25, 0.3) is 0 Å². The average Bonchev–Trinajstić information content (AvgIpc) is 2.53. The maximum absolute atomic E-state index is 10.3. The highest BCUT2D eigenvalue weighted by Crippen LogP contribution is 2.35. The van der Waals surface area contributed by atoms with Gasteiger partial charge in [-0.3, -0.25) is 0 Å². The maximum atomic E-state index is 10.3. The molecule has 0 fully saturated rings. The Hall–Kier alpha value is -1.96. The number of benzene rings is 2. The minimum atomic E-state index is -0.956. The molecule has 1 N–H and O–H groups in total. The van der Waals surface area contributed by atoms with Gasteiger partial charge in [0.1, 0.15) is 17.6 Å². The van der Waals surface area contributed by atoms with Gasteiger partial charge in [0, 0.05) is 11.1 Å². The minimum Gasteiger partial charge on any atom is -0.496 e. The van der Waals surface area contributed by atoms with E-state index in [1.54, 1.807) is 26.4 Å². The van der Waals surface area contributed by atoms with Gasteiger partial charge < -0.3 is 14.6 Å². The first-order valence-electron chi connectivity index (χ1n) is 6.31. The number of aliphatic hydroxyl groups excluding tert-OH is 1. The van der Waals surface area contributed by atoms with Crippen LogP contribution in [0, 0.1) is 11.8 Å². The van der Waals surface area contributed by atoms with Crippen molar-refractivity contribution in [2.24, 2.45) is 0 Å². The molecule has 0 aliphatic rings. The number of ether oxygens (including phenoxy) is 2. The monoisotopic (exact) mass is 346 g/mol. The normalized spacial score (nSPS) is 11.2. The predicted octanol–water partition coefficient (Wildman–Crippen LogP) is 3.55. The molecule has 2 rings (SSSR count). The quantitative estimate of drug-likeness (QED) is 0.863.